The van der Waals surface area contributed by atoms with Crippen molar-refractivity contribution in [1.82, 2.24) is 10.9 Å². The van der Waals surface area contributed by atoms with E-state index >= 15 is 0 Å². The molecular weight excluding hydrogens is 396 g/mol. The summed E-state index contributed by atoms with van der Waals surface area (Å²) in [6.07, 6.45) is 0. The molecule has 2 aromatic rings. The normalized spacial score (nSPS) is 10.2. The van der Waals surface area contributed by atoms with Crippen molar-refractivity contribution in [2.75, 3.05) is 6.61 Å². The molecule has 126 valence electrons. The van der Waals surface area contributed by atoms with Gasteiger partial charge in [0, 0.05) is 4.47 Å². The quantitative estimate of drug-likeness (QED) is 0.756. The SMILES string of the molecule is Cc1cc(Br)cc(C)c1OCC(=O)NNC(=O)c1ccccc1Cl. The number of hydrogen-bond acceptors (Lipinski definition) is 3. The Morgan fingerprint density at radius 3 is 2.38 bits per heavy atom. The maximum Gasteiger partial charge on any atom is 0.276 e. The number of carbonyl (C=O) groups is 2. The van der Waals surface area contributed by atoms with E-state index in [-0.39, 0.29) is 12.2 Å². The van der Waals surface area contributed by atoms with Crippen LogP contribution in [-0.2, 0) is 4.79 Å². The summed E-state index contributed by atoms with van der Waals surface area (Å²) >= 11 is 9.32. The van der Waals surface area contributed by atoms with Crippen LogP contribution >= 0.6 is 27.5 Å². The molecule has 7 heteroatoms. The molecule has 2 N–H and O–H groups in total. The summed E-state index contributed by atoms with van der Waals surface area (Å²) < 4.78 is 6.48. The molecule has 2 amide bonds. The molecule has 2 aromatic carbocycles. The van der Waals surface area contributed by atoms with E-state index in [2.05, 4.69) is 26.8 Å². The Balaban J connectivity index is 1.88. The molecule has 0 saturated carbocycles. The van der Waals surface area contributed by atoms with Gasteiger partial charge in [-0.2, -0.15) is 0 Å². The van der Waals surface area contributed by atoms with E-state index in [0.717, 1.165) is 15.6 Å². The predicted molar refractivity (Wildman–Crippen MR) is 96.2 cm³/mol. The van der Waals surface area contributed by atoms with E-state index < -0.39 is 11.8 Å². The predicted octanol–water partition coefficient (Wildman–Crippen LogP) is 3.56. The minimum Gasteiger partial charge on any atom is -0.483 e. The van der Waals surface area contributed by atoms with Gasteiger partial charge in [-0.05, 0) is 49.2 Å². The van der Waals surface area contributed by atoms with Crippen LogP contribution in [0.5, 0.6) is 5.75 Å². The Kier molecular flexibility index (Phi) is 6.23. The average Bonchev–Trinajstić information content (AvgIpc) is 2.52. The van der Waals surface area contributed by atoms with Gasteiger partial charge in [0.2, 0.25) is 0 Å². The van der Waals surface area contributed by atoms with Crippen molar-refractivity contribution in [3.63, 3.8) is 0 Å². The highest BCUT2D eigenvalue weighted by Gasteiger charge is 2.12. The zero-order valence-corrected chi connectivity index (χ0v) is 15.5. The number of ether oxygens (including phenoxy) is 1. The molecule has 0 fully saturated rings. The standard InChI is InChI=1S/C17H16BrClN2O3/c1-10-7-12(18)8-11(2)16(10)24-9-15(22)20-21-17(23)13-5-3-4-6-14(13)19/h3-8H,9H2,1-2H3,(H,20,22)(H,21,23). The summed E-state index contributed by atoms with van der Waals surface area (Å²) in [5.41, 5.74) is 6.70. The van der Waals surface area contributed by atoms with E-state index in [1.54, 1.807) is 24.3 Å². The third-order valence-electron chi connectivity index (χ3n) is 3.21. The minimum absolute atomic E-state index is 0.216. The van der Waals surface area contributed by atoms with Crippen LogP contribution in [0.2, 0.25) is 5.02 Å². The van der Waals surface area contributed by atoms with Gasteiger partial charge in [0.05, 0.1) is 10.6 Å². The molecule has 0 aliphatic heterocycles. The fraction of sp³-hybridized carbons (Fsp3) is 0.176. The first kappa shape index (κ1) is 18.3. The summed E-state index contributed by atoms with van der Waals surface area (Å²) in [6, 6.07) is 10.4. The summed E-state index contributed by atoms with van der Waals surface area (Å²) in [5, 5.41) is 0.307. The Morgan fingerprint density at radius 1 is 1.12 bits per heavy atom. The Labute approximate surface area is 153 Å². The average molecular weight is 412 g/mol. The molecule has 0 saturated heterocycles. The molecule has 5 nitrogen and oxygen atoms in total. The van der Waals surface area contributed by atoms with Gasteiger partial charge in [-0.1, -0.05) is 39.7 Å². The van der Waals surface area contributed by atoms with Crippen LogP contribution in [0.4, 0.5) is 0 Å². The fourth-order valence-corrected chi connectivity index (χ4v) is 3.05. The van der Waals surface area contributed by atoms with Gasteiger partial charge in [-0.3, -0.25) is 20.4 Å². The van der Waals surface area contributed by atoms with E-state index in [9.17, 15) is 9.59 Å². The van der Waals surface area contributed by atoms with Gasteiger partial charge in [-0.25, -0.2) is 0 Å². The fourth-order valence-electron chi connectivity index (χ4n) is 2.14. The lowest BCUT2D eigenvalue weighted by atomic mass is 10.1. The zero-order valence-electron chi connectivity index (χ0n) is 13.2. The molecule has 0 aliphatic rings. The second kappa shape index (κ2) is 8.17. The molecular formula is C17H16BrClN2O3. The van der Waals surface area contributed by atoms with Gasteiger partial charge in [0.1, 0.15) is 5.75 Å². The smallest absolute Gasteiger partial charge is 0.276 e. The topological polar surface area (TPSA) is 67.4 Å². The maximum atomic E-state index is 11.9. The molecule has 2 rings (SSSR count). The van der Waals surface area contributed by atoms with E-state index in [1.165, 1.54) is 0 Å². The van der Waals surface area contributed by atoms with Crippen molar-refractivity contribution in [2.24, 2.45) is 0 Å². The summed E-state index contributed by atoms with van der Waals surface area (Å²) in [7, 11) is 0. The van der Waals surface area contributed by atoms with Gasteiger partial charge in [0.25, 0.3) is 11.8 Å². The Bertz CT molecular complexity index is 757. The third kappa shape index (κ3) is 4.72. The second-order valence-electron chi connectivity index (χ2n) is 5.14. The highest BCUT2D eigenvalue weighted by Crippen LogP contribution is 2.27. The summed E-state index contributed by atoms with van der Waals surface area (Å²) in [6.45, 7) is 3.57. The van der Waals surface area contributed by atoms with Crippen molar-refractivity contribution < 1.29 is 14.3 Å². The van der Waals surface area contributed by atoms with E-state index in [0.29, 0.717) is 10.8 Å². The Morgan fingerprint density at radius 2 is 1.75 bits per heavy atom. The van der Waals surface area contributed by atoms with Gasteiger partial charge in [-0.15, -0.1) is 0 Å². The number of hydrogen-bond donors (Lipinski definition) is 2. The molecule has 24 heavy (non-hydrogen) atoms. The third-order valence-corrected chi connectivity index (χ3v) is 3.99. The van der Waals surface area contributed by atoms with Crippen LogP contribution in [0.3, 0.4) is 0 Å². The van der Waals surface area contributed by atoms with Crippen LogP contribution in [0.1, 0.15) is 21.5 Å². The zero-order chi connectivity index (χ0) is 17.7. The molecule has 0 spiro atoms. The Hall–Kier alpha value is -2.05. The molecule has 0 aliphatic carbocycles. The summed E-state index contributed by atoms with van der Waals surface area (Å²) in [5.74, 6) is -0.326. The number of benzene rings is 2. The number of rotatable bonds is 4. The van der Waals surface area contributed by atoms with Crippen molar-refractivity contribution >= 4 is 39.3 Å². The number of aryl methyl sites for hydroxylation is 2. The largest absolute Gasteiger partial charge is 0.483 e. The van der Waals surface area contributed by atoms with Crippen LogP contribution in [-0.4, -0.2) is 18.4 Å². The van der Waals surface area contributed by atoms with Crippen LogP contribution in [0, 0.1) is 13.8 Å². The van der Waals surface area contributed by atoms with Crippen molar-refractivity contribution in [1.29, 1.82) is 0 Å². The number of hydrazine groups is 1. The first-order valence-electron chi connectivity index (χ1n) is 7.11. The lowest BCUT2D eigenvalue weighted by molar-refractivity contribution is -0.123. The lowest BCUT2D eigenvalue weighted by Crippen LogP contribution is -2.44. The first-order valence-corrected chi connectivity index (χ1v) is 8.29. The number of amides is 2. The lowest BCUT2D eigenvalue weighted by Gasteiger charge is -2.13. The number of halogens is 2. The van der Waals surface area contributed by atoms with Gasteiger partial charge >= 0.3 is 0 Å². The van der Waals surface area contributed by atoms with Crippen LogP contribution < -0.4 is 15.6 Å². The number of nitrogens with one attached hydrogen (secondary N) is 2. The van der Waals surface area contributed by atoms with Crippen molar-refractivity contribution in [3.05, 3.63) is 62.6 Å². The van der Waals surface area contributed by atoms with Crippen molar-refractivity contribution in [3.8, 4) is 5.75 Å². The molecule has 0 atom stereocenters. The van der Waals surface area contributed by atoms with Gasteiger partial charge in [0.15, 0.2) is 6.61 Å². The first-order chi connectivity index (χ1) is 11.4. The second-order valence-corrected chi connectivity index (χ2v) is 6.46. The van der Waals surface area contributed by atoms with Crippen molar-refractivity contribution in [2.45, 2.75) is 13.8 Å². The van der Waals surface area contributed by atoms with E-state index in [1.807, 2.05) is 26.0 Å². The van der Waals surface area contributed by atoms with Crippen LogP contribution in [0.25, 0.3) is 0 Å². The minimum atomic E-state index is -0.495. The highest BCUT2D eigenvalue weighted by atomic mass is 79.9. The maximum absolute atomic E-state index is 11.9. The molecule has 0 unspecified atom stereocenters. The highest BCUT2D eigenvalue weighted by molar-refractivity contribution is 9.10. The molecule has 0 radical (unpaired) electrons. The van der Waals surface area contributed by atoms with E-state index in [4.69, 9.17) is 16.3 Å². The molecule has 0 heterocycles. The summed E-state index contributed by atoms with van der Waals surface area (Å²) in [4.78, 5) is 23.8. The monoisotopic (exact) mass is 410 g/mol. The number of carbonyl (C=O) groups excluding carboxylic acids is 2. The van der Waals surface area contributed by atoms with Crippen LogP contribution in [0.15, 0.2) is 40.9 Å². The molecule has 0 bridgehead atoms. The molecule has 0 aromatic heterocycles. The van der Waals surface area contributed by atoms with Gasteiger partial charge < -0.3 is 4.74 Å².